The lowest BCUT2D eigenvalue weighted by atomic mass is 10.1. The van der Waals surface area contributed by atoms with Gasteiger partial charge in [0.2, 0.25) is 0 Å². The number of carboxylic acids is 1. The van der Waals surface area contributed by atoms with Gasteiger partial charge in [-0.05, 0) is 103 Å². The second kappa shape index (κ2) is 22.5. The Balaban J connectivity index is 0.000000186. The fraction of sp³-hybridized carbons (Fsp3) is 0.111. The number of carbonyl (C=O) groups excluding carboxylic acids is 3. The first-order valence-electron chi connectivity index (χ1n) is 23.1. The average Bonchev–Trinajstić information content (AvgIpc) is 4.26. The summed E-state index contributed by atoms with van der Waals surface area (Å²) in [4.78, 5) is 92.9. The molecule has 0 spiro atoms. The summed E-state index contributed by atoms with van der Waals surface area (Å²) in [6.45, 7) is 2.71. The first-order valence-corrected chi connectivity index (χ1v) is 24.7. The van der Waals surface area contributed by atoms with Crippen LogP contribution < -0.4 is 27.1 Å². The van der Waals surface area contributed by atoms with E-state index >= 15 is 0 Å². The number of halogens is 4. The second-order valence-corrected chi connectivity index (χ2v) is 19.3. The van der Waals surface area contributed by atoms with Crippen molar-refractivity contribution in [2.45, 2.75) is 33.1 Å². The lowest BCUT2D eigenvalue weighted by Crippen LogP contribution is -2.32. The molecule has 6 N–H and O–H groups in total. The third kappa shape index (κ3) is 11.4. The van der Waals surface area contributed by atoms with E-state index in [0.717, 1.165) is 60.3 Å². The number of hydrogen-bond donors (Lipinski definition) is 6. The molecule has 0 saturated carbocycles. The van der Waals surface area contributed by atoms with Gasteiger partial charge in [0.05, 0.1) is 37.3 Å². The summed E-state index contributed by atoms with van der Waals surface area (Å²) in [7, 11) is 0. The highest BCUT2D eigenvalue weighted by Crippen LogP contribution is 2.35. The Hall–Kier alpha value is -9.28. The van der Waals surface area contributed by atoms with Crippen molar-refractivity contribution in [3.05, 3.63) is 221 Å². The molecule has 0 aliphatic rings. The van der Waals surface area contributed by atoms with Crippen molar-refractivity contribution < 1.29 is 41.8 Å². The van der Waals surface area contributed by atoms with Gasteiger partial charge in [0.15, 0.2) is 23.3 Å². The monoisotopic (exact) mass is 1070 g/mol. The number of aromatic amines is 2. The molecule has 8 aromatic heterocycles. The van der Waals surface area contributed by atoms with Crippen LogP contribution in [0.4, 0.5) is 17.6 Å². The second-order valence-electron chi connectivity index (χ2n) is 16.9. The van der Waals surface area contributed by atoms with Crippen LogP contribution in [0.3, 0.4) is 0 Å². The molecule has 0 aliphatic heterocycles. The molecule has 0 unspecified atom stereocenters. The number of hydrogen-bond acceptors (Lipinski definition) is 10. The van der Waals surface area contributed by atoms with Gasteiger partial charge >= 0.3 is 5.97 Å². The maximum absolute atomic E-state index is 13.6. The maximum Gasteiger partial charge on any atom is 0.337 e. The first kappa shape index (κ1) is 51.6. The molecular weight excluding hydrogens is 1030 g/mol. The molecule has 0 saturated heterocycles. The van der Waals surface area contributed by atoms with Crippen molar-refractivity contribution in [1.29, 1.82) is 0 Å². The topological polar surface area (TPSA) is 226 Å². The molecule has 8 heterocycles. The van der Waals surface area contributed by atoms with E-state index in [-0.39, 0.29) is 48.8 Å². The number of aromatic carboxylic acids is 1. The van der Waals surface area contributed by atoms with Gasteiger partial charge in [-0.25, -0.2) is 32.3 Å². The Kier molecular flexibility index (Phi) is 15.3. The van der Waals surface area contributed by atoms with Crippen molar-refractivity contribution in [3.8, 4) is 20.9 Å². The van der Waals surface area contributed by atoms with Crippen molar-refractivity contribution >= 4 is 68.4 Å². The molecular formula is C54H41F4N9O7S2. The molecule has 10 rings (SSSR count). The predicted molar refractivity (Wildman–Crippen MR) is 278 cm³/mol. The summed E-state index contributed by atoms with van der Waals surface area (Å²) in [6.07, 6.45) is 9.34. The van der Waals surface area contributed by atoms with Crippen molar-refractivity contribution in [2.24, 2.45) is 0 Å². The largest absolute Gasteiger partial charge is 0.478 e. The minimum atomic E-state index is -1.07. The van der Waals surface area contributed by atoms with E-state index in [9.17, 15) is 51.4 Å². The maximum atomic E-state index is 13.6. The van der Waals surface area contributed by atoms with Crippen LogP contribution in [0.15, 0.2) is 144 Å². The third-order valence-corrected chi connectivity index (χ3v) is 14.0. The zero-order chi connectivity index (χ0) is 53.6. The third-order valence-electron chi connectivity index (χ3n) is 11.8. The summed E-state index contributed by atoms with van der Waals surface area (Å²) in [6, 6.07) is 23.5. The Labute approximate surface area is 435 Å². The standard InChI is InChI=1S/C28H23F2N5O3S.C26H18F2N4O4S/c1-2-31-26(36)17-11-20-21(14-33-25(20)32-12-17)24-8-6-18(39-24)13-34-27(37)19-4-3-9-35(28(19)38)15-16-5-7-22(29)23(30)10-16;27-20-5-3-14(8-21(20)28)13-32-7-1-2-17(25(32)34)24(33)31-11-16-4-6-22(37-16)19-12-30-23-18(19)9-15(10-29-23)26(35)36/h3-12,14H,2,13,15H2,1H3,(H,31,36)(H,32,33)(H,34,37);1-10,12H,11,13H2,(H,29,30)(H,31,33)(H,35,36). The number of thiophene rings is 2. The van der Waals surface area contributed by atoms with E-state index in [1.54, 1.807) is 24.4 Å². The number of carbonyl (C=O) groups is 4. The van der Waals surface area contributed by atoms with Gasteiger partial charge in [0.1, 0.15) is 22.4 Å². The minimum absolute atomic E-state index is 0.00721. The number of benzene rings is 2. The predicted octanol–water partition coefficient (Wildman–Crippen LogP) is 8.87. The number of H-pyrrole nitrogens is 2. The van der Waals surface area contributed by atoms with Gasteiger partial charge in [0.25, 0.3) is 28.8 Å². The van der Waals surface area contributed by atoms with Gasteiger partial charge in [0, 0.05) is 85.1 Å². The highest BCUT2D eigenvalue weighted by molar-refractivity contribution is 7.16. The smallest absolute Gasteiger partial charge is 0.337 e. The molecule has 0 fully saturated rings. The molecule has 2 aromatic carbocycles. The number of rotatable bonds is 15. The van der Waals surface area contributed by atoms with Crippen LogP contribution in [0.25, 0.3) is 42.9 Å². The van der Waals surface area contributed by atoms with E-state index in [2.05, 4.69) is 35.9 Å². The van der Waals surface area contributed by atoms with E-state index in [0.29, 0.717) is 39.9 Å². The first-order chi connectivity index (χ1) is 36.6. The fourth-order valence-corrected chi connectivity index (χ4v) is 9.97. The summed E-state index contributed by atoms with van der Waals surface area (Å²) in [5.41, 5.74) is 2.98. The fourth-order valence-electron chi connectivity index (χ4n) is 8.02. The van der Waals surface area contributed by atoms with Crippen LogP contribution in [0.1, 0.15) is 69.2 Å². The molecule has 16 nitrogen and oxygen atoms in total. The lowest BCUT2D eigenvalue weighted by Gasteiger charge is -2.09. The summed E-state index contributed by atoms with van der Waals surface area (Å²) < 4.78 is 56.0. The summed E-state index contributed by atoms with van der Waals surface area (Å²) in [5.74, 6) is -6.34. The van der Waals surface area contributed by atoms with Crippen LogP contribution >= 0.6 is 22.7 Å². The normalized spacial score (nSPS) is 11.1. The van der Waals surface area contributed by atoms with Gasteiger partial charge in [-0.3, -0.25) is 24.0 Å². The van der Waals surface area contributed by atoms with E-state index < -0.39 is 52.2 Å². The molecule has 10 aromatic rings. The highest BCUT2D eigenvalue weighted by atomic mass is 32.1. The Morgan fingerprint density at radius 2 is 1.04 bits per heavy atom. The van der Waals surface area contributed by atoms with Crippen molar-refractivity contribution in [3.63, 3.8) is 0 Å². The molecule has 0 radical (unpaired) electrons. The van der Waals surface area contributed by atoms with Crippen molar-refractivity contribution in [2.75, 3.05) is 6.54 Å². The minimum Gasteiger partial charge on any atom is -0.478 e. The van der Waals surface area contributed by atoms with Crippen LogP contribution in [0.5, 0.6) is 0 Å². The Morgan fingerprint density at radius 1 is 0.579 bits per heavy atom. The molecule has 3 amide bonds. The summed E-state index contributed by atoms with van der Waals surface area (Å²) in [5, 5.41) is 19.0. The van der Waals surface area contributed by atoms with E-state index in [1.165, 1.54) is 86.9 Å². The molecule has 384 valence electrons. The average molecular weight is 1070 g/mol. The van der Waals surface area contributed by atoms with Gasteiger partial charge < -0.3 is 40.2 Å². The van der Waals surface area contributed by atoms with Gasteiger partial charge in [-0.15, -0.1) is 22.7 Å². The van der Waals surface area contributed by atoms with Crippen LogP contribution in [-0.2, 0) is 26.2 Å². The molecule has 76 heavy (non-hydrogen) atoms. The van der Waals surface area contributed by atoms with Gasteiger partial charge in [-0.2, -0.15) is 0 Å². The number of nitrogens with zero attached hydrogens (tertiary/aromatic N) is 4. The van der Waals surface area contributed by atoms with Crippen LogP contribution in [0, 0.1) is 23.3 Å². The number of aromatic nitrogens is 6. The van der Waals surface area contributed by atoms with Gasteiger partial charge in [-0.1, -0.05) is 12.1 Å². The number of amides is 3. The molecule has 0 aliphatic carbocycles. The molecule has 0 bridgehead atoms. The van der Waals surface area contributed by atoms with Crippen LogP contribution in [-0.4, -0.2) is 64.4 Å². The molecule has 22 heteroatoms. The summed E-state index contributed by atoms with van der Waals surface area (Å²) >= 11 is 2.88. The zero-order valence-electron chi connectivity index (χ0n) is 39.8. The Bertz CT molecular complexity index is 3990. The number of fused-ring (bicyclic) bond motifs is 2. The number of nitrogens with one attached hydrogen (secondary N) is 5. The van der Waals surface area contributed by atoms with Crippen molar-refractivity contribution in [1.82, 2.24) is 45.0 Å². The molecule has 0 atom stereocenters. The van der Waals surface area contributed by atoms with E-state index in [4.69, 9.17) is 0 Å². The lowest BCUT2D eigenvalue weighted by molar-refractivity contribution is 0.0695. The van der Waals surface area contributed by atoms with Crippen LogP contribution in [0.2, 0.25) is 0 Å². The highest BCUT2D eigenvalue weighted by Gasteiger charge is 2.19. The quantitative estimate of drug-likeness (QED) is 0.0539. The number of carboxylic acid groups (broad SMARTS) is 1. The Morgan fingerprint density at radius 3 is 1.49 bits per heavy atom. The zero-order valence-corrected chi connectivity index (χ0v) is 41.4. The number of pyridine rings is 4. The SMILES string of the molecule is CCNC(=O)c1cnc2[nH]cc(-c3ccc(CNC(=O)c4cccn(Cc5ccc(F)c(F)c5)c4=O)s3)c2c1.O=C(O)c1cnc2[nH]cc(-c3ccc(CNC(=O)c4cccn(Cc5ccc(F)c(F)c5)c4=O)s3)c2c1. The van der Waals surface area contributed by atoms with E-state index in [1.807, 2.05) is 37.4 Å².